The highest BCUT2D eigenvalue weighted by atomic mass is 19.4. The van der Waals surface area contributed by atoms with Crippen LogP contribution in [0.25, 0.3) is 5.57 Å². The van der Waals surface area contributed by atoms with Gasteiger partial charge in [-0.05, 0) is 25.3 Å². The first kappa shape index (κ1) is 18.4. The molecule has 152 valence electrons. The fourth-order valence-corrected chi connectivity index (χ4v) is 4.50. The van der Waals surface area contributed by atoms with E-state index in [0.29, 0.717) is 25.4 Å². The number of fused-ring (bicyclic) bond motifs is 1. The zero-order valence-corrected chi connectivity index (χ0v) is 15.4. The minimum absolute atomic E-state index is 0.185. The molecule has 9 heteroatoms. The molecule has 1 aromatic rings. The van der Waals surface area contributed by atoms with Crippen molar-refractivity contribution >= 4 is 17.2 Å². The first-order chi connectivity index (χ1) is 13.9. The number of carbonyl (C=O) groups excluding carboxylic acids is 1. The molecule has 6 nitrogen and oxygen atoms in total. The SMILES string of the molecule is O=C(C1=CN=C2C(c3cnco3)=CC(C(F)(F)F)=CC12)N1CCC2(CCCO2)C1. The summed E-state index contributed by atoms with van der Waals surface area (Å²) in [6, 6.07) is 0. The molecule has 2 fully saturated rings. The number of rotatable bonds is 2. The maximum Gasteiger partial charge on any atom is 0.416 e. The van der Waals surface area contributed by atoms with Crippen LogP contribution in [0.1, 0.15) is 25.0 Å². The van der Waals surface area contributed by atoms with E-state index in [1.165, 1.54) is 12.4 Å². The van der Waals surface area contributed by atoms with Gasteiger partial charge in [0, 0.05) is 30.5 Å². The number of amides is 1. The Balaban J connectivity index is 1.44. The van der Waals surface area contributed by atoms with E-state index in [9.17, 15) is 18.0 Å². The maximum absolute atomic E-state index is 13.5. The van der Waals surface area contributed by atoms with Crippen LogP contribution < -0.4 is 0 Å². The van der Waals surface area contributed by atoms with Gasteiger partial charge < -0.3 is 14.1 Å². The molecule has 0 aromatic carbocycles. The highest BCUT2D eigenvalue weighted by Crippen LogP contribution is 2.42. The normalized spacial score (nSPS) is 28.9. The van der Waals surface area contributed by atoms with Crippen molar-refractivity contribution < 1.29 is 27.1 Å². The summed E-state index contributed by atoms with van der Waals surface area (Å²) < 4.78 is 51.6. The molecule has 3 aliphatic heterocycles. The van der Waals surface area contributed by atoms with Crippen molar-refractivity contribution in [3.63, 3.8) is 0 Å². The molecule has 1 spiro atoms. The number of aromatic nitrogens is 1. The maximum atomic E-state index is 13.5. The molecule has 1 aromatic heterocycles. The molecule has 2 atom stereocenters. The van der Waals surface area contributed by atoms with Crippen molar-refractivity contribution in [2.24, 2.45) is 10.9 Å². The van der Waals surface area contributed by atoms with Gasteiger partial charge in [-0.2, -0.15) is 13.2 Å². The average molecular weight is 405 g/mol. The minimum Gasteiger partial charge on any atom is -0.443 e. The molecular weight excluding hydrogens is 387 g/mol. The Labute approximate surface area is 164 Å². The van der Waals surface area contributed by atoms with E-state index in [1.807, 2.05) is 0 Å². The molecule has 0 N–H and O–H groups in total. The monoisotopic (exact) mass is 405 g/mol. The number of hydrogen-bond acceptors (Lipinski definition) is 5. The lowest BCUT2D eigenvalue weighted by molar-refractivity contribution is -0.127. The van der Waals surface area contributed by atoms with Crippen molar-refractivity contribution in [3.8, 4) is 0 Å². The fourth-order valence-electron chi connectivity index (χ4n) is 4.50. The molecule has 0 bridgehead atoms. The number of oxazole rings is 1. The lowest BCUT2D eigenvalue weighted by atomic mass is 9.83. The number of alkyl halides is 3. The number of nitrogens with zero attached hydrogens (tertiary/aromatic N) is 3. The third-order valence-corrected chi connectivity index (χ3v) is 5.95. The van der Waals surface area contributed by atoms with E-state index in [2.05, 4.69) is 9.98 Å². The highest BCUT2D eigenvalue weighted by molar-refractivity contribution is 6.30. The number of ether oxygens (including phenoxy) is 1. The second-order valence-electron chi connectivity index (χ2n) is 7.73. The van der Waals surface area contributed by atoms with Crippen LogP contribution in [0.2, 0.25) is 0 Å². The Hall–Kier alpha value is -2.68. The predicted molar refractivity (Wildman–Crippen MR) is 96.7 cm³/mol. The Morgan fingerprint density at radius 2 is 2.17 bits per heavy atom. The molecule has 1 amide bonds. The Morgan fingerprint density at radius 1 is 1.31 bits per heavy atom. The summed E-state index contributed by atoms with van der Waals surface area (Å²) in [6.45, 7) is 1.67. The first-order valence-electron chi connectivity index (χ1n) is 9.47. The van der Waals surface area contributed by atoms with Crippen molar-refractivity contribution in [1.82, 2.24) is 9.88 Å². The lowest BCUT2D eigenvalue weighted by Crippen LogP contribution is -2.38. The molecule has 0 radical (unpaired) electrons. The van der Waals surface area contributed by atoms with E-state index in [0.717, 1.165) is 37.8 Å². The second-order valence-corrected chi connectivity index (χ2v) is 7.73. The Bertz CT molecular complexity index is 967. The summed E-state index contributed by atoms with van der Waals surface area (Å²) in [5, 5.41) is 0. The second kappa shape index (κ2) is 6.41. The number of allylic oxidation sites excluding steroid dienone is 4. The quantitative estimate of drug-likeness (QED) is 0.757. The summed E-state index contributed by atoms with van der Waals surface area (Å²) in [5.41, 5.74) is -0.335. The van der Waals surface area contributed by atoms with Crippen LogP contribution in [0, 0.1) is 5.92 Å². The van der Waals surface area contributed by atoms with Crippen molar-refractivity contribution in [1.29, 1.82) is 0 Å². The summed E-state index contributed by atoms with van der Waals surface area (Å²) >= 11 is 0. The van der Waals surface area contributed by atoms with Crippen LogP contribution >= 0.6 is 0 Å². The molecule has 2 saturated heterocycles. The molecule has 0 saturated carbocycles. The van der Waals surface area contributed by atoms with Gasteiger partial charge in [-0.3, -0.25) is 9.79 Å². The van der Waals surface area contributed by atoms with Gasteiger partial charge in [-0.1, -0.05) is 6.08 Å². The topological polar surface area (TPSA) is 67.9 Å². The molecule has 4 heterocycles. The first-order valence-corrected chi connectivity index (χ1v) is 9.47. The number of aliphatic imine (C=N–C) groups is 1. The number of likely N-dealkylation sites (tertiary alicyclic amines) is 1. The van der Waals surface area contributed by atoms with Crippen LogP contribution in [0.5, 0.6) is 0 Å². The van der Waals surface area contributed by atoms with Crippen molar-refractivity contribution in [2.75, 3.05) is 19.7 Å². The van der Waals surface area contributed by atoms with E-state index in [-0.39, 0.29) is 28.4 Å². The van der Waals surface area contributed by atoms with E-state index < -0.39 is 17.7 Å². The van der Waals surface area contributed by atoms with Gasteiger partial charge in [-0.25, -0.2) is 4.98 Å². The summed E-state index contributed by atoms with van der Waals surface area (Å²) in [7, 11) is 0. The Morgan fingerprint density at radius 3 is 2.86 bits per heavy atom. The van der Waals surface area contributed by atoms with Gasteiger partial charge in [0.05, 0.1) is 35.5 Å². The van der Waals surface area contributed by atoms with Gasteiger partial charge in [0.1, 0.15) is 0 Å². The van der Waals surface area contributed by atoms with Crippen LogP contribution in [0.3, 0.4) is 0 Å². The van der Waals surface area contributed by atoms with Gasteiger partial charge in [0.15, 0.2) is 12.2 Å². The highest BCUT2D eigenvalue weighted by Gasteiger charge is 2.46. The molecule has 5 rings (SSSR count). The van der Waals surface area contributed by atoms with Crippen LogP contribution in [-0.2, 0) is 9.53 Å². The standard InChI is InChI=1S/C20H18F3N3O3/c21-20(22,23)12-6-13-15(8-25-17(13)14(7-12)16-9-24-11-28-16)18(27)26-4-3-19(10-26)2-1-5-29-19/h6-9,11,13H,1-5,10H2. The molecule has 4 aliphatic rings. The zero-order chi connectivity index (χ0) is 20.2. The summed E-state index contributed by atoms with van der Waals surface area (Å²) in [5.74, 6) is -0.979. The van der Waals surface area contributed by atoms with Crippen LogP contribution in [0.15, 0.2) is 51.5 Å². The lowest BCUT2D eigenvalue weighted by Gasteiger charge is -2.26. The van der Waals surface area contributed by atoms with Gasteiger partial charge in [0.2, 0.25) is 0 Å². The van der Waals surface area contributed by atoms with E-state index in [1.54, 1.807) is 4.90 Å². The van der Waals surface area contributed by atoms with Gasteiger partial charge in [-0.15, -0.1) is 0 Å². The largest absolute Gasteiger partial charge is 0.443 e. The number of hydrogen-bond donors (Lipinski definition) is 0. The van der Waals surface area contributed by atoms with E-state index in [4.69, 9.17) is 9.15 Å². The predicted octanol–water partition coefficient (Wildman–Crippen LogP) is 3.30. The van der Waals surface area contributed by atoms with Crippen molar-refractivity contribution in [3.05, 3.63) is 47.8 Å². The third kappa shape index (κ3) is 3.04. The average Bonchev–Trinajstić information content (AvgIpc) is 3.48. The molecule has 29 heavy (non-hydrogen) atoms. The number of halogens is 3. The molecule has 1 aliphatic carbocycles. The van der Waals surface area contributed by atoms with Crippen molar-refractivity contribution in [2.45, 2.75) is 31.0 Å². The molecule has 2 unspecified atom stereocenters. The third-order valence-electron chi connectivity index (χ3n) is 5.95. The number of carbonyl (C=O) groups is 1. The van der Waals surface area contributed by atoms with Crippen LogP contribution in [-0.4, -0.2) is 53.0 Å². The smallest absolute Gasteiger partial charge is 0.416 e. The molecular formula is C20H18F3N3O3. The summed E-state index contributed by atoms with van der Waals surface area (Å²) in [6.07, 6.45) is 3.98. The summed E-state index contributed by atoms with van der Waals surface area (Å²) in [4.78, 5) is 22.9. The van der Waals surface area contributed by atoms with Gasteiger partial charge in [0.25, 0.3) is 5.91 Å². The van der Waals surface area contributed by atoms with Gasteiger partial charge >= 0.3 is 6.18 Å². The Kier molecular flexibility index (Phi) is 4.06. The minimum atomic E-state index is -4.55. The zero-order valence-electron chi connectivity index (χ0n) is 15.4. The van der Waals surface area contributed by atoms with Crippen LogP contribution in [0.4, 0.5) is 13.2 Å². The fraction of sp³-hybridized carbons (Fsp3) is 0.450. The van der Waals surface area contributed by atoms with E-state index >= 15 is 0 Å².